The molecule has 16 heteroatoms. The fourth-order valence-electron chi connectivity index (χ4n) is 4.33. The third-order valence-corrected chi connectivity index (χ3v) is 5.75. The van der Waals surface area contributed by atoms with Crippen LogP contribution >= 0.6 is 0 Å². The fourth-order valence-corrected chi connectivity index (χ4v) is 4.33. The van der Waals surface area contributed by atoms with Crippen molar-refractivity contribution in [2.24, 2.45) is 0 Å². The monoisotopic (exact) mass is 519 g/mol. The lowest BCUT2D eigenvalue weighted by Crippen LogP contribution is -2.69. The SMILES string of the molecule is CC(=O)OCC1OC(OC(C)=O)C(NC2CCC([N+](=O)[O-])CC2[N+](=O)[O-])C(OC(C)=O)C1OC(C)=O. The summed E-state index contributed by atoms with van der Waals surface area (Å²) in [7, 11) is 0. The van der Waals surface area contributed by atoms with E-state index in [1.165, 1.54) is 0 Å². The van der Waals surface area contributed by atoms with Gasteiger partial charge in [-0.1, -0.05) is 0 Å². The molecule has 16 nitrogen and oxygen atoms in total. The molecule has 0 aromatic rings. The van der Waals surface area contributed by atoms with E-state index in [-0.39, 0.29) is 19.3 Å². The van der Waals surface area contributed by atoms with Crippen molar-refractivity contribution in [1.82, 2.24) is 5.32 Å². The van der Waals surface area contributed by atoms with Crippen LogP contribution in [0.1, 0.15) is 47.0 Å². The molecule has 0 aromatic carbocycles. The van der Waals surface area contributed by atoms with E-state index < -0.39 is 89.1 Å². The van der Waals surface area contributed by atoms with Crippen LogP contribution < -0.4 is 5.32 Å². The summed E-state index contributed by atoms with van der Waals surface area (Å²) >= 11 is 0. The molecule has 0 amide bonds. The Morgan fingerprint density at radius 1 is 0.861 bits per heavy atom. The van der Waals surface area contributed by atoms with Crippen molar-refractivity contribution < 1.29 is 52.7 Å². The zero-order valence-corrected chi connectivity index (χ0v) is 20.1. The van der Waals surface area contributed by atoms with Crippen molar-refractivity contribution in [2.75, 3.05) is 6.61 Å². The van der Waals surface area contributed by atoms with Gasteiger partial charge in [-0.2, -0.15) is 0 Å². The smallest absolute Gasteiger partial charge is 0.304 e. The zero-order valence-electron chi connectivity index (χ0n) is 20.1. The number of carbonyl (C=O) groups excluding carboxylic acids is 4. The maximum absolute atomic E-state index is 12.0. The van der Waals surface area contributed by atoms with Crippen LogP contribution in [-0.2, 0) is 42.9 Å². The molecule has 8 atom stereocenters. The minimum Gasteiger partial charge on any atom is -0.463 e. The van der Waals surface area contributed by atoms with E-state index in [4.69, 9.17) is 23.7 Å². The molecule has 1 saturated heterocycles. The number of hydrogen-bond donors (Lipinski definition) is 1. The Labute approximate surface area is 205 Å². The van der Waals surface area contributed by atoms with Gasteiger partial charge in [0.2, 0.25) is 18.4 Å². The van der Waals surface area contributed by atoms with Gasteiger partial charge in [0.25, 0.3) is 0 Å². The molecule has 1 heterocycles. The van der Waals surface area contributed by atoms with Gasteiger partial charge in [-0.25, -0.2) is 0 Å². The molecule has 36 heavy (non-hydrogen) atoms. The number of carbonyl (C=O) groups is 4. The first-order chi connectivity index (χ1) is 16.8. The van der Waals surface area contributed by atoms with Gasteiger partial charge < -0.3 is 23.7 Å². The van der Waals surface area contributed by atoms with Crippen molar-refractivity contribution in [1.29, 1.82) is 0 Å². The Kier molecular flexibility index (Phi) is 10.0. The quantitative estimate of drug-likeness (QED) is 0.176. The summed E-state index contributed by atoms with van der Waals surface area (Å²) in [6.07, 6.45) is -5.83. The number of ether oxygens (including phenoxy) is 5. The van der Waals surface area contributed by atoms with E-state index in [0.717, 1.165) is 27.7 Å². The highest BCUT2D eigenvalue weighted by molar-refractivity contribution is 5.68. The second-order valence-electron chi connectivity index (χ2n) is 8.51. The second kappa shape index (κ2) is 12.5. The van der Waals surface area contributed by atoms with E-state index in [2.05, 4.69) is 5.32 Å². The highest BCUT2D eigenvalue weighted by Gasteiger charge is 2.54. The van der Waals surface area contributed by atoms with Crippen LogP contribution in [0.3, 0.4) is 0 Å². The molecule has 0 spiro atoms. The number of esters is 4. The molecule has 1 aliphatic carbocycles. The van der Waals surface area contributed by atoms with Crippen LogP contribution in [-0.4, -0.2) is 89.1 Å². The molecule has 1 aliphatic heterocycles. The van der Waals surface area contributed by atoms with Gasteiger partial charge in [0, 0.05) is 44.0 Å². The molecule has 0 bridgehead atoms. The summed E-state index contributed by atoms with van der Waals surface area (Å²) in [5.41, 5.74) is 0. The van der Waals surface area contributed by atoms with Crippen LogP contribution in [0.2, 0.25) is 0 Å². The third-order valence-electron chi connectivity index (χ3n) is 5.75. The second-order valence-corrected chi connectivity index (χ2v) is 8.51. The minimum absolute atomic E-state index is 0.00246. The first-order valence-electron chi connectivity index (χ1n) is 11.1. The topological polar surface area (TPSA) is 213 Å². The van der Waals surface area contributed by atoms with E-state index in [1.807, 2.05) is 0 Å². The lowest BCUT2D eigenvalue weighted by Gasteiger charge is -2.46. The van der Waals surface area contributed by atoms with Crippen molar-refractivity contribution in [3.63, 3.8) is 0 Å². The van der Waals surface area contributed by atoms with Gasteiger partial charge in [-0.15, -0.1) is 0 Å². The van der Waals surface area contributed by atoms with Crippen LogP contribution in [0.25, 0.3) is 0 Å². The van der Waals surface area contributed by atoms with Gasteiger partial charge in [0.1, 0.15) is 18.8 Å². The Bertz CT molecular complexity index is 881. The van der Waals surface area contributed by atoms with Crippen LogP contribution in [0.5, 0.6) is 0 Å². The summed E-state index contributed by atoms with van der Waals surface area (Å²) in [6.45, 7) is 3.89. The first kappa shape index (κ1) is 28.8. The molecule has 202 valence electrons. The van der Waals surface area contributed by atoms with Crippen LogP contribution in [0.15, 0.2) is 0 Å². The molecule has 2 aliphatic rings. The Hall–Kier alpha value is -3.40. The Balaban J connectivity index is 2.45. The largest absolute Gasteiger partial charge is 0.463 e. The van der Waals surface area contributed by atoms with E-state index in [9.17, 15) is 39.4 Å². The summed E-state index contributed by atoms with van der Waals surface area (Å²) < 4.78 is 26.6. The number of nitrogens with zero attached hydrogens (tertiary/aromatic N) is 2. The standard InChI is InChI=1S/C20H29N3O13/c1-9(24)32-8-16-18(33-10(2)25)19(34-11(3)26)17(20(36-16)35-12(4)27)21-14-6-5-13(22(28)29)7-15(14)23(30)31/h13-21H,5-8H2,1-4H3. The van der Waals surface area contributed by atoms with Gasteiger partial charge in [0.05, 0.1) is 12.5 Å². The number of hydrogen-bond acceptors (Lipinski definition) is 14. The van der Waals surface area contributed by atoms with E-state index in [1.54, 1.807) is 0 Å². The average molecular weight is 519 g/mol. The molecular weight excluding hydrogens is 490 g/mol. The third kappa shape index (κ3) is 7.81. The van der Waals surface area contributed by atoms with Crippen molar-refractivity contribution in [3.8, 4) is 0 Å². The molecule has 1 N–H and O–H groups in total. The minimum atomic E-state index is -1.51. The summed E-state index contributed by atoms with van der Waals surface area (Å²) in [5.74, 6) is -3.12. The van der Waals surface area contributed by atoms with Crippen molar-refractivity contribution in [2.45, 2.75) is 95.7 Å². The fraction of sp³-hybridized carbons (Fsp3) is 0.800. The normalized spacial score (nSPS) is 32.0. The molecule has 1 saturated carbocycles. The number of rotatable bonds is 9. The van der Waals surface area contributed by atoms with Crippen LogP contribution in [0.4, 0.5) is 0 Å². The van der Waals surface area contributed by atoms with Gasteiger partial charge in [-0.05, 0) is 6.42 Å². The molecule has 2 rings (SSSR count). The lowest BCUT2D eigenvalue weighted by molar-refractivity contribution is -0.570. The van der Waals surface area contributed by atoms with Crippen molar-refractivity contribution in [3.05, 3.63) is 20.2 Å². The van der Waals surface area contributed by atoms with E-state index >= 15 is 0 Å². The zero-order chi connectivity index (χ0) is 27.2. The molecular formula is C20H29N3O13. The molecule has 2 fully saturated rings. The predicted octanol–water partition coefficient (Wildman–Crippen LogP) is -0.498. The van der Waals surface area contributed by atoms with Gasteiger partial charge in [-0.3, -0.25) is 44.7 Å². The first-order valence-corrected chi connectivity index (χ1v) is 11.1. The average Bonchev–Trinajstić information content (AvgIpc) is 2.75. The lowest BCUT2D eigenvalue weighted by atomic mass is 9.85. The molecule has 8 unspecified atom stereocenters. The maximum atomic E-state index is 12.0. The molecule has 0 radical (unpaired) electrons. The Morgan fingerprint density at radius 3 is 1.94 bits per heavy atom. The molecule has 0 aromatic heterocycles. The van der Waals surface area contributed by atoms with Crippen LogP contribution in [0, 0.1) is 20.2 Å². The van der Waals surface area contributed by atoms with Gasteiger partial charge in [0.15, 0.2) is 12.2 Å². The number of nitrogens with one attached hydrogen (secondary N) is 1. The number of nitro groups is 2. The van der Waals surface area contributed by atoms with E-state index in [0.29, 0.717) is 0 Å². The summed E-state index contributed by atoms with van der Waals surface area (Å²) in [5, 5.41) is 25.8. The highest BCUT2D eigenvalue weighted by Crippen LogP contribution is 2.31. The predicted molar refractivity (Wildman–Crippen MR) is 114 cm³/mol. The highest BCUT2D eigenvalue weighted by atomic mass is 16.7. The summed E-state index contributed by atoms with van der Waals surface area (Å²) in [4.78, 5) is 68.7. The van der Waals surface area contributed by atoms with Gasteiger partial charge >= 0.3 is 23.9 Å². The Morgan fingerprint density at radius 2 is 1.44 bits per heavy atom. The van der Waals surface area contributed by atoms with Crippen molar-refractivity contribution >= 4 is 23.9 Å². The summed E-state index contributed by atoms with van der Waals surface area (Å²) in [6, 6.07) is -4.76. The maximum Gasteiger partial charge on any atom is 0.304 e.